The van der Waals surface area contributed by atoms with E-state index in [1.807, 2.05) is 23.8 Å². The summed E-state index contributed by atoms with van der Waals surface area (Å²) in [5, 5.41) is 10.2. The van der Waals surface area contributed by atoms with Gasteiger partial charge in [-0.25, -0.2) is 4.98 Å². The number of hydrogen-bond donors (Lipinski definition) is 1. The van der Waals surface area contributed by atoms with Crippen LogP contribution in [0.25, 0.3) is 0 Å². The summed E-state index contributed by atoms with van der Waals surface area (Å²) in [6, 6.07) is 11.0. The maximum absolute atomic E-state index is 13.5. The average Bonchev–Trinajstić information content (AvgIpc) is 3.23. The van der Waals surface area contributed by atoms with Crippen LogP contribution in [0.3, 0.4) is 0 Å². The van der Waals surface area contributed by atoms with Gasteiger partial charge in [0.1, 0.15) is 17.4 Å². The molecule has 0 amide bonds. The van der Waals surface area contributed by atoms with Gasteiger partial charge in [-0.1, -0.05) is 23.7 Å². The van der Waals surface area contributed by atoms with E-state index in [0.29, 0.717) is 22.9 Å². The molecule has 3 aromatic rings. The second-order valence-electron chi connectivity index (χ2n) is 7.15. The SMILES string of the molecule is Cc1cc2c(c(=O)n1CCCn1ccnc1)[C@@H](c1cccc(Cl)c1)C(C#N)=C(N)O2. The number of benzene rings is 1. The number of halogens is 1. The van der Waals surface area contributed by atoms with Gasteiger partial charge in [-0.05, 0) is 31.0 Å². The van der Waals surface area contributed by atoms with E-state index in [9.17, 15) is 10.1 Å². The van der Waals surface area contributed by atoms with Crippen molar-refractivity contribution in [2.24, 2.45) is 5.73 Å². The molecule has 0 saturated carbocycles. The van der Waals surface area contributed by atoms with Crippen molar-refractivity contribution in [3.8, 4) is 11.8 Å². The Hall–Kier alpha value is -3.50. The number of aromatic nitrogens is 3. The lowest BCUT2D eigenvalue weighted by atomic mass is 9.84. The lowest BCUT2D eigenvalue weighted by molar-refractivity contribution is 0.387. The Morgan fingerprint density at radius 3 is 2.87 bits per heavy atom. The van der Waals surface area contributed by atoms with Crippen LogP contribution in [0.5, 0.6) is 5.75 Å². The third-order valence-corrected chi connectivity index (χ3v) is 5.46. The number of pyridine rings is 1. The summed E-state index contributed by atoms with van der Waals surface area (Å²) >= 11 is 6.18. The van der Waals surface area contributed by atoms with Crippen LogP contribution in [-0.2, 0) is 13.1 Å². The molecule has 7 nitrogen and oxygen atoms in total. The Kier molecular flexibility index (Phi) is 5.34. The Balaban J connectivity index is 1.78. The predicted octanol–water partition coefficient (Wildman–Crippen LogP) is 3.32. The zero-order chi connectivity index (χ0) is 21.3. The Labute approximate surface area is 178 Å². The Morgan fingerprint density at radius 1 is 1.33 bits per heavy atom. The molecule has 2 N–H and O–H groups in total. The number of imidazole rings is 1. The number of nitrogens with zero attached hydrogens (tertiary/aromatic N) is 4. The van der Waals surface area contributed by atoms with E-state index in [4.69, 9.17) is 22.1 Å². The first kappa shape index (κ1) is 19.8. The molecule has 0 radical (unpaired) electrons. The summed E-state index contributed by atoms with van der Waals surface area (Å²) in [5.41, 5.74) is 7.92. The van der Waals surface area contributed by atoms with Crippen molar-refractivity contribution < 1.29 is 4.74 Å². The van der Waals surface area contributed by atoms with Gasteiger partial charge in [0.05, 0.1) is 17.8 Å². The zero-order valence-electron chi connectivity index (χ0n) is 16.4. The van der Waals surface area contributed by atoms with Gasteiger partial charge in [0.2, 0.25) is 5.88 Å². The van der Waals surface area contributed by atoms with Crippen molar-refractivity contribution >= 4 is 11.6 Å². The van der Waals surface area contributed by atoms with Crippen molar-refractivity contribution in [1.82, 2.24) is 14.1 Å². The fraction of sp³-hybridized carbons (Fsp3) is 0.227. The molecule has 0 fully saturated rings. The fourth-order valence-corrected chi connectivity index (χ4v) is 4.01. The smallest absolute Gasteiger partial charge is 0.258 e. The molecular weight excluding hydrogens is 402 g/mol. The third kappa shape index (κ3) is 3.58. The molecule has 3 heterocycles. The van der Waals surface area contributed by atoms with E-state index < -0.39 is 5.92 Å². The molecule has 1 aliphatic rings. The van der Waals surface area contributed by atoms with Crippen LogP contribution in [0.1, 0.15) is 29.2 Å². The lowest BCUT2D eigenvalue weighted by Gasteiger charge is -2.27. The lowest BCUT2D eigenvalue weighted by Crippen LogP contribution is -2.33. The summed E-state index contributed by atoms with van der Waals surface area (Å²) < 4.78 is 9.36. The number of rotatable bonds is 5. The average molecular weight is 422 g/mol. The van der Waals surface area contributed by atoms with Gasteiger partial charge in [-0.15, -0.1) is 0 Å². The number of nitrogens with two attached hydrogens (primary N) is 1. The standard InChI is InChI=1S/C22H20ClN5O2/c1-14-10-18-20(22(29)28(14)8-3-7-27-9-6-26-13-27)19(17(12-24)21(25)30-18)15-4-2-5-16(23)11-15/h2,4-6,9-11,13,19H,3,7-8,25H2,1H3/t19-/m0/s1. The quantitative estimate of drug-likeness (QED) is 0.681. The zero-order valence-corrected chi connectivity index (χ0v) is 17.1. The summed E-state index contributed by atoms with van der Waals surface area (Å²) in [6.45, 7) is 3.13. The molecule has 0 aliphatic carbocycles. The number of hydrogen-bond acceptors (Lipinski definition) is 5. The normalized spacial score (nSPS) is 15.4. The van der Waals surface area contributed by atoms with E-state index in [1.165, 1.54) is 0 Å². The Morgan fingerprint density at radius 2 is 2.17 bits per heavy atom. The highest BCUT2D eigenvalue weighted by Crippen LogP contribution is 2.40. The van der Waals surface area contributed by atoms with Gasteiger partial charge in [0.15, 0.2) is 0 Å². The summed E-state index contributed by atoms with van der Waals surface area (Å²) in [7, 11) is 0. The van der Waals surface area contributed by atoms with Gasteiger partial charge < -0.3 is 19.6 Å². The minimum Gasteiger partial charge on any atom is -0.440 e. The first-order chi connectivity index (χ1) is 14.5. The highest BCUT2D eigenvalue weighted by molar-refractivity contribution is 6.30. The molecule has 1 aliphatic heterocycles. The third-order valence-electron chi connectivity index (χ3n) is 5.23. The highest BCUT2D eigenvalue weighted by atomic mass is 35.5. The molecule has 0 spiro atoms. The fourth-order valence-electron chi connectivity index (χ4n) is 3.81. The second kappa shape index (κ2) is 8.09. The maximum Gasteiger partial charge on any atom is 0.258 e. The molecule has 152 valence electrons. The number of ether oxygens (including phenoxy) is 1. The van der Waals surface area contributed by atoms with E-state index in [-0.39, 0.29) is 17.0 Å². The van der Waals surface area contributed by atoms with Crippen molar-refractivity contribution in [2.75, 3.05) is 0 Å². The summed E-state index contributed by atoms with van der Waals surface area (Å²) in [6.07, 6.45) is 6.11. The van der Waals surface area contributed by atoms with Crippen molar-refractivity contribution in [1.29, 1.82) is 5.26 Å². The number of nitriles is 1. The van der Waals surface area contributed by atoms with E-state index in [1.54, 1.807) is 41.4 Å². The van der Waals surface area contributed by atoms with Crippen molar-refractivity contribution in [3.63, 3.8) is 0 Å². The first-order valence-corrected chi connectivity index (χ1v) is 9.90. The number of fused-ring (bicyclic) bond motifs is 1. The molecule has 2 aromatic heterocycles. The molecule has 0 unspecified atom stereocenters. The second-order valence-corrected chi connectivity index (χ2v) is 7.59. The van der Waals surface area contributed by atoms with Crippen LogP contribution in [0, 0.1) is 18.3 Å². The van der Waals surface area contributed by atoms with Crippen LogP contribution >= 0.6 is 11.6 Å². The van der Waals surface area contributed by atoms with E-state index in [2.05, 4.69) is 11.1 Å². The molecule has 4 rings (SSSR count). The van der Waals surface area contributed by atoms with Gasteiger partial charge in [0.25, 0.3) is 5.56 Å². The van der Waals surface area contributed by atoms with E-state index >= 15 is 0 Å². The molecule has 1 aromatic carbocycles. The Bertz CT molecular complexity index is 1220. The summed E-state index contributed by atoms with van der Waals surface area (Å²) in [4.78, 5) is 17.6. The number of aryl methyl sites for hydroxylation is 2. The predicted molar refractivity (Wildman–Crippen MR) is 113 cm³/mol. The largest absolute Gasteiger partial charge is 0.440 e. The molecule has 8 heteroatoms. The first-order valence-electron chi connectivity index (χ1n) is 9.52. The maximum atomic E-state index is 13.5. The van der Waals surface area contributed by atoms with Crippen molar-refractivity contribution in [3.05, 3.63) is 92.7 Å². The van der Waals surface area contributed by atoms with Crippen LogP contribution in [0.4, 0.5) is 0 Å². The molecule has 0 saturated heterocycles. The topological polar surface area (TPSA) is 98.9 Å². The van der Waals surface area contributed by atoms with Gasteiger partial charge >= 0.3 is 0 Å². The van der Waals surface area contributed by atoms with E-state index in [0.717, 1.165) is 24.2 Å². The molecule has 0 bridgehead atoms. The molecule has 1 atom stereocenters. The van der Waals surface area contributed by atoms with Gasteiger partial charge in [-0.3, -0.25) is 4.79 Å². The minimum absolute atomic E-state index is 0.00614. The van der Waals surface area contributed by atoms with Gasteiger partial charge in [-0.2, -0.15) is 5.26 Å². The van der Waals surface area contributed by atoms with Gasteiger partial charge in [0, 0.05) is 42.3 Å². The highest BCUT2D eigenvalue weighted by Gasteiger charge is 2.34. The van der Waals surface area contributed by atoms with Crippen LogP contribution in [-0.4, -0.2) is 14.1 Å². The number of allylic oxidation sites excluding steroid dienone is 1. The van der Waals surface area contributed by atoms with Crippen LogP contribution < -0.4 is 16.0 Å². The molecule has 30 heavy (non-hydrogen) atoms. The minimum atomic E-state index is -0.634. The van der Waals surface area contributed by atoms with Crippen molar-refractivity contribution in [2.45, 2.75) is 32.4 Å². The summed E-state index contributed by atoms with van der Waals surface area (Å²) in [5.74, 6) is -0.248. The monoisotopic (exact) mass is 421 g/mol. The van der Waals surface area contributed by atoms with Crippen LogP contribution in [0.2, 0.25) is 5.02 Å². The molecular formula is C22H20ClN5O2. The van der Waals surface area contributed by atoms with Crippen LogP contribution in [0.15, 0.2) is 65.3 Å².